The van der Waals surface area contributed by atoms with Crippen LogP contribution < -0.4 is 5.32 Å². The quantitative estimate of drug-likeness (QED) is 0.413. The first kappa shape index (κ1) is 19.7. The van der Waals surface area contributed by atoms with E-state index in [2.05, 4.69) is 5.32 Å². The molecular formula is C19H22ClN3O3. The van der Waals surface area contributed by atoms with Gasteiger partial charge >= 0.3 is 0 Å². The molecule has 0 heterocycles. The van der Waals surface area contributed by atoms with E-state index < -0.39 is 4.92 Å². The Balaban J connectivity index is 1.78. The van der Waals surface area contributed by atoms with Gasteiger partial charge in [0, 0.05) is 42.9 Å². The van der Waals surface area contributed by atoms with Gasteiger partial charge in [0.2, 0.25) is 5.91 Å². The SMILES string of the molecule is CC(c1cccc(Cl)c1)N(C)C(=O)CCCNc1ccc([N+](=O)[O-])cc1. The minimum atomic E-state index is -0.431. The van der Waals surface area contributed by atoms with E-state index in [1.807, 2.05) is 31.2 Å². The number of nitrogens with one attached hydrogen (secondary N) is 1. The van der Waals surface area contributed by atoms with Crippen LogP contribution in [0.15, 0.2) is 48.5 Å². The van der Waals surface area contributed by atoms with Crippen LogP contribution in [0.25, 0.3) is 0 Å². The fourth-order valence-corrected chi connectivity index (χ4v) is 2.75. The van der Waals surface area contributed by atoms with Crippen LogP contribution in [-0.2, 0) is 4.79 Å². The minimum Gasteiger partial charge on any atom is -0.385 e. The fraction of sp³-hybridized carbons (Fsp3) is 0.316. The maximum Gasteiger partial charge on any atom is 0.269 e. The minimum absolute atomic E-state index is 0.0520. The van der Waals surface area contributed by atoms with Crippen molar-refractivity contribution < 1.29 is 9.72 Å². The average molecular weight is 376 g/mol. The summed E-state index contributed by atoms with van der Waals surface area (Å²) in [7, 11) is 1.79. The molecule has 2 rings (SSSR count). The van der Waals surface area contributed by atoms with Crippen molar-refractivity contribution in [2.75, 3.05) is 18.9 Å². The number of amides is 1. The van der Waals surface area contributed by atoms with Crippen molar-refractivity contribution >= 4 is 28.9 Å². The first-order chi connectivity index (χ1) is 12.4. The summed E-state index contributed by atoms with van der Waals surface area (Å²) in [5, 5.41) is 14.4. The largest absolute Gasteiger partial charge is 0.385 e. The van der Waals surface area contributed by atoms with Crippen LogP contribution in [0.5, 0.6) is 0 Å². The number of non-ortho nitro benzene ring substituents is 1. The van der Waals surface area contributed by atoms with E-state index in [0.717, 1.165) is 11.3 Å². The van der Waals surface area contributed by atoms with Gasteiger partial charge in [-0.25, -0.2) is 0 Å². The number of halogens is 1. The smallest absolute Gasteiger partial charge is 0.269 e. The lowest BCUT2D eigenvalue weighted by molar-refractivity contribution is -0.384. The molecule has 2 aromatic carbocycles. The van der Waals surface area contributed by atoms with E-state index in [1.54, 1.807) is 24.1 Å². The first-order valence-electron chi connectivity index (χ1n) is 8.38. The Hall–Kier alpha value is -2.60. The highest BCUT2D eigenvalue weighted by Crippen LogP contribution is 2.22. The van der Waals surface area contributed by atoms with Gasteiger partial charge in [0.15, 0.2) is 0 Å². The molecule has 0 fully saturated rings. The number of rotatable bonds is 8. The van der Waals surface area contributed by atoms with Gasteiger partial charge in [-0.1, -0.05) is 23.7 Å². The molecule has 0 aliphatic heterocycles. The van der Waals surface area contributed by atoms with Gasteiger partial charge in [-0.15, -0.1) is 0 Å². The van der Waals surface area contributed by atoms with Crippen LogP contribution in [0.4, 0.5) is 11.4 Å². The lowest BCUT2D eigenvalue weighted by Crippen LogP contribution is -2.29. The summed E-state index contributed by atoms with van der Waals surface area (Å²) < 4.78 is 0. The summed E-state index contributed by atoms with van der Waals surface area (Å²) in [6.45, 7) is 2.58. The lowest BCUT2D eigenvalue weighted by Gasteiger charge is -2.25. The van der Waals surface area contributed by atoms with E-state index in [0.29, 0.717) is 24.4 Å². The lowest BCUT2D eigenvalue weighted by atomic mass is 10.1. The van der Waals surface area contributed by atoms with Gasteiger partial charge in [-0.3, -0.25) is 14.9 Å². The van der Waals surface area contributed by atoms with Gasteiger partial charge in [0.05, 0.1) is 11.0 Å². The van der Waals surface area contributed by atoms with Crippen LogP contribution in [-0.4, -0.2) is 29.3 Å². The summed E-state index contributed by atoms with van der Waals surface area (Å²) in [5.41, 5.74) is 1.85. The molecule has 1 amide bonds. The molecule has 1 atom stereocenters. The summed E-state index contributed by atoms with van der Waals surface area (Å²) in [6, 6.07) is 13.7. The molecule has 0 aliphatic carbocycles. The molecule has 0 aliphatic rings. The molecule has 0 spiro atoms. The second-order valence-electron chi connectivity index (χ2n) is 6.07. The third-order valence-corrected chi connectivity index (χ3v) is 4.52. The van der Waals surface area contributed by atoms with Crippen molar-refractivity contribution in [2.24, 2.45) is 0 Å². The molecule has 0 aromatic heterocycles. The average Bonchev–Trinajstić information content (AvgIpc) is 2.64. The Morgan fingerprint density at radius 3 is 2.58 bits per heavy atom. The summed E-state index contributed by atoms with van der Waals surface area (Å²) >= 11 is 6.01. The number of hydrogen-bond acceptors (Lipinski definition) is 4. The molecule has 1 unspecified atom stereocenters. The van der Waals surface area contributed by atoms with Crippen molar-refractivity contribution in [3.63, 3.8) is 0 Å². The second kappa shape index (κ2) is 9.20. The van der Waals surface area contributed by atoms with Gasteiger partial charge in [0.1, 0.15) is 0 Å². The van der Waals surface area contributed by atoms with E-state index in [1.165, 1.54) is 12.1 Å². The molecule has 0 saturated carbocycles. The van der Waals surface area contributed by atoms with Crippen molar-refractivity contribution in [1.29, 1.82) is 0 Å². The maximum atomic E-state index is 12.4. The Labute approximate surface area is 157 Å². The number of nitro groups is 1. The molecule has 6 nitrogen and oxygen atoms in total. The highest BCUT2D eigenvalue weighted by Gasteiger charge is 2.17. The molecular weight excluding hydrogens is 354 g/mol. The van der Waals surface area contributed by atoms with Crippen molar-refractivity contribution in [3.8, 4) is 0 Å². The molecule has 1 N–H and O–H groups in total. The van der Waals surface area contributed by atoms with Gasteiger partial charge < -0.3 is 10.2 Å². The van der Waals surface area contributed by atoms with E-state index in [4.69, 9.17) is 11.6 Å². The first-order valence-corrected chi connectivity index (χ1v) is 8.75. The molecule has 26 heavy (non-hydrogen) atoms. The summed E-state index contributed by atoms with van der Waals surface area (Å²) in [5.74, 6) is 0.0583. The molecule has 0 saturated heterocycles. The zero-order valence-corrected chi connectivity index (χ0v) is 15.6. The Bertz CT molecular complexity index is 765. The second-order valence-corrected chi connectivity index (χ2v) is 6.51. The standard InChI is InChI=1S/C19H22ClN3O3/c1-14(15-5-3-6-16(20)13-15)22(2)19(24)7-4-12-21-17-8-10-18(11-9-17)23(25)26/h3,5-6,8-11,13-14,21H,4,7,12H2,1-2H3. The summed E-state index contributed by atoms with van der Waals surface area (Å²) in [4.78, 5) is 24.3. The van der Waals surface area contributed by atoms with Crippen LogP contribution in [0.2, 0.25) is 5.02 Å². The van der Waals surface area contributed by atoms with Crippen LogP contribution >= 0.6 is 11.6 Å². The number of carbonyl (C=O) groups excluding carboxylic acids is 1. The van der Waals surface area contributed by atoms with Crippen LogP contribution in [0, 0.1) is 10.1 Å². The van der Waals surface area contributed by atoms with Gasteiger partial charge in [0.25, 0.3) is 5.69 Å². The van der Waals surface area contributed by atoms with Crippen molar-refractivity contribution in [2.45, 2.75) is 25.8 Å². The molecule has 0 radical (unpaired) electrons. The van der Waals surface area contributed by atoms with Gasteiger partial charge in [-0.05, 0) is 43.2 Å². The summed E-state index contributed by atoms with van der Waals surface area (Å²) in [6.07, 6.45) is 1.09. The number of benzene rings is 2. The highest BCUT2D eigenvalue weighted by atomic mass is 35.5. The van der Waals surface area contributed by atoms with Crippen molar-refractivity contribution in [1.82, 2.24) is 4.90 Å². The van der Waals surface area contributed by atoms with E-state index in [-0.39, 0.29) is 17.6 Å². The Morgan fingerprint density at radius 1 is 1.27 bits per heavy atom. The third-order valence-electron chi connectivity index (χ3n) is 4.28. The topological polar surface area (TPSA) is 75.5 Å². The third kappa shape index (κ3) is 5.46. The predicted molar refractivity (Wildman–Crippen MR) is 103 cm³/mol. The molecule has 2 aromatic rings. The number of carbonyl (C=O) groups is 1. The van der Waals surface area contributed by atoms with Gasteiger partial charge in [-0.2, -0.15) is 0 Å². The van der Waals surface area contributed by atoms with E-state index >= 15 is 0 Å². The normalized spacial score (nSPS) is 11.7. The maximum absolute atomic E-state index is 12.4. The number of anilines is 1. The van der Waals surface area contributed by atoms with E-state index in [9.17, 15) is 14.9 Å². The number of hydrogen-bond donors (Lipinski definition) is 1. The molecule has 7 heteroatoms. The number of nitro benzene ring substituents is 1. The zero-order valence-electron chi connectivity index (χ0n) is 14.8. The van der Waals surface area contributed by atoms with Crippen molar-refractivity contribution in [3.05, 3.63) is 69.2 Å². The Kier molecular flexibility index (Phi) is 6.97. The van der Waals surface area contributed by atoms with Crippen LogP contribution in [0.1, 0.15) is 31.4 Å². The fourth-order valence-electron chi connectivity index (χ4n) is 2.56. The Morgan fingerprint density at radius 2 is 1.96 bits per heavy atom. The monoisotopic (exact) mass is 375 g/mol. The predicted octanol–water partition coefficient (Wildman–Crippen LogP) is 4.66. The highest BCUT2D eigenvalue weighted by molar-refractivity contribution is 6.30. The number of nitrogens with zero attached hydrogens (tertiary/aromatic N) is 2. The van der Waals surface area contributed by atoms with Crippen LogP contribution in [0.3, 0.4) is 0 Å². The molecule has 0 bridgehead atoms. The molecule has 138 valence electrons. The zero-order chi connectivity index (χ0) is 19.1.